The molecule has 0 aliphatic carbocycles. The number of aromatic nitrogens is 1. The van der Waals surface area contributed by atoms with E-state index in [1.807, 2.05) is 6.92 Å². The highest BCUT2D eigenvalue weighted by atomic mass is 32.1. The monoisotopic (exact) mass is 410 g/mol. The van der Waals surface area contributed by atoms with E-state index in [4.69, 9.17) is 5.73 Å². The Morgan fingerprint density at radius 3 is 2.62 bits per heavy atom. The van der Waals surface area contributed by atoms with Gasteiger partial charge in [-0.1, -0.05) is 30.4 Å². The van der Waals surface area contributed by atoms with Crippen molar-refractivity contribution in [2.45, 2.75) is 13.3 Å². The predicted molar refractivity (Wildman–Crippen MR) is 114 cm³/mol. The highest BCUT2D eigenvalue weighted by Crippen LogP contribution is 2.32. The van der Waals surface area contributed by atoms with Gasteiger partial charge in [0.15, 0.2) is 5.13 Å². The number of rotatable bonds is 7. The number of aliphatic hydroxyl groups excluding tert-OH is 1. The number of allylic oxidation sites excluding steroid dienone is 1. The quantitative estimate of drug-likeness (QED) is 0.218. The maximum atomic E-state index is 12.8. The second kappa shape index (κ2) is 8.53. The van der Waals surface area contributed by atoms with E-state index in [9.17, 15) is 20.0 Å². The van der Waals surface area contributed by atoms with Gasteiger partial charge in [-0.25, -0.2) is 4.98 Å². The molecule has 0 fully saturated rings. The topological polar surface area (TPSA) is 131 Å². The van der Waals surface area contributed by atoms with Gasteiger partial charge >= 0.3 is 0 Å². The molecule has 0 atom stereocenters. The summed E-state index contributed by atoms with van der Waals surface area (Å²) in [6.07, 6.45) is 2.44. The Kier molecular flexibility index (Phi) is 5.89. The summed E-state index contributed by atoms with van der Waals surface area (Å²) in [7, 11) is 0. The zero-order valence-corrected chi connectivity index (χ0v) is 16.3. The number of anilines is 3. The fraction of sp³-hybridized carbons (Fsp3) is 0.100. The molecular formula is C20H18N4O4S. The maximum absolute atomic E-state index is 12.8. The number of thiazole rings is 1. The number of nitrogens with zero attached hydrogens (tertiary/aromatic N) is 2. The van der Waals surface area contributed by atoms with Crippen molar-refractivity contribution < 1.29 is 14.8 Å². The number of nitrogen functional groups attached to an aromatic ring is 1. The zero-order chi connectivity index (χ0) is 21.0. The molecule has 0 unspecified atom stereocenters. The van der Waals surface area contributed by atoms with Gasteiger partial charge in [0.05, 0.1) is 4.92 Å². The van der Waals surface area contributed by atoms with Crippen LogP contribution in [0.25, 0.3) is 5.76 Å². The van der Waals surface area contributed by atoms with Crippen LogP contribution in [-0.4, -0.2) is 20.8 Å². The molecule has 0 saturated carbocycles. The van der Waals surface area contributed by atoms with Gasteiger partial charge < -0.3 is 16.2 Å². The summed E-state index contributed by atoms with van der Waals surface area (Å²) < 4.78 is 0. The van der Waals surface area contributed by atoms with Crippen molar-refractivity contribution in [2.75, 3.05) is 11.1 Å². The summed E-state index contributed by atoms with van der Waals surface area (Å²) in [6.45, 7) is 1.93. The van der Waals surface area contributed by atoms with E-state index in [0.29, 0.717) is 16.4 Å². The van der Waals surface area contributed by atoms with Gasteiger partial charge in [0.1, 0.15) is 22.0 Å². The first-order valence-corrected chi connectivity index (χ1v) is 9.53. The number of ketones is 1. The summed E-state index contributed by atoms with van der Waals surface area (Å²) in [5.74, 6) is -0.346. The Balaban J connectivity index is 1.83. The van der Waals surface area contributed by atoms with Crippen molar-refractivity contribution in [1.29, 1.82) is 0 Å². The second-order valence-electron chi connectivity index (χ2n) is 6.04. The Hall–Kier alpha value is -3.72. The molecule has 3 rings (SSSR count). The van der Waals surface area contributed by atoms with Crippen LogP contribution in [0.3, 0.4) is 0 Å². The highest BCUT2D eigenvalue weighted by molar-refractivity contribution is 7.18. The predicted octanol–water partition coefficient (Wildman–Crippen LogP) is 4.92. The molecule has 1 aromatic heterocycles. The first kappa shape index (κ1) is 20.0. The number of hydrogen-bond acceptors (Lipinski definition) is 8. The Morgan fingerprint density at radius 1 is 1.28 bits per heavy atom. The van der Waals surface area contributed by atoms with Crippen LogP contribution in [0.4, 0.5) is 22.3 Å². The van der Waals surface area contributed by atoms with Crippen LogP contribution in [0.2, 0.25) is 0 Å². The lowest BCUT2D eigenvalue weighted by molar-refractivity contribution is -0.385. The summed E-state index contributed by atoms with van der Waals surface area (Å²) >= 11 is 1.02. The van der Waals surface area contributed by atoms with Crippen molar-refractivity contribution in [2.24, 2.45) is 0 Å². The third-order valence-electron chi connectivity index (χ3n) is 4.03. The smallest absolute Gasteiger partial charge is 0.280 e. The molecule has 3 aromatic rings. The number of carbonyl (C=O) groups excluding carboxylic acids is 1. The minimum atomic E-state index is -0.604. The lowest BCUT2D eigenvalue weighted by Gasteiger charge is -2.04. The minimum Gasteiger partial charge on any atom is -0.508 e. The first-order valence-electron chi connectivity index (χ1n) is 8.71. The number of nitrogens with two attached hydrogens (primary N) is 1. The number of nitrogens with one attached hydrogen (secondary N) is 1. The summed E-state index contributed by atoms with van der Waals surface area (Å²) in [5.41, 5.74) is 6.94. The fourth-order valence-electron chi connectivity index (χ4n) is 2.65. The Morgan fingerprint density at radius 2 is 1.97 bits per heavy atom. The van der Waals surface area contributed by atoms with Gasteiger partial charge in [0, 0.05) is 17.3 Å². The molecule has 148 valence electrons. The average molecular weight is 410 g/mol. The second-order valence-corrected chi connectivity index (χ2v) is 7.04. The molecule has 0 amide bonds. The van der Waals surface area contributed by atoms with Gasteiger partial charge in [-0.15, -0.1) is 0 Å². The van der Waals surface area contributed by atoms with E-state index >= 15 is 0 Å². The van der Waals surface area contributed by atoms with E-state index in [2.05, 4.69) is 10.3 Å². The number of benzene rings is 2. The SMILES string of the molecule is CC/C=C(\O)c1ccc(Nc2nc(N)c(C(=O)c3ccccc3[N+](=O)[O-])s2)cc1. The molecule has 0 aliphatic heterocycles. The summed E-state index contributed by atoms with van der Waals surface area (Å²) in [4.78, 5) is 27.6. The van der Waals surface area contributed by atoms with Gasteiger partial charge in [0.2, 0.25) is 5.78 Å². The standard InChI is InChI=1S/C20H18N4O4S/c1-2-5-16(25)12-8-10-13(11-9-12)22-20-23-19(21)18(29-20)17(26)14-6-3-4-7-15(14)24(27)28/h3-11,25H,2,21H2,1H3,(H,22,23)/b16-5-. The van der Waals surface area contributed by atoms with Crippen molar-refractivity contribution >= 4 is 45.2 Å². The molecule has 9 heteroatoms. The Bertz CT molecular complexity index is 1090. The number of aliphatic hydroxyl groups is 1. The first-order chi connectivity index (χ1) is 13.9. The normalized spacial score (nSPS) is 11.3. The number of nitro groups is 1. The van der Waals surface area contributed by atoms with Gasteiger partial charge in [0.25, 0.3) is 5.69 Å². The highest BCUT2D eigenvalue weighted by Gasteiger charge is 2.25. The molecule has 0 saturated heterocycles. The van der Waals surface area contributed by atoms with Crippen molar-refractivity contribution in [3.05, 3.63) is 80.7 Å². The van der Waals surface area contributed by atoms with Crippen LogP contribution in [-0.2, 0) is 0 Å². The average Bonchev–Trinajstić information content (AvgIpc) is 3.08. The molecule has 29 heavy (non-hydrogen) atoms. The van der Waals surface area contributed by atoms with Crippen LogP contribution < -0.4 is 11.1 Å². The third-order valence-corrected chi connectivity index (χ3v) is 5.02. The lowest BCUT2D eigenvalue weighted by atomic mass is 10.1. The molecule has 0 aliphatic rings. The van der Waals surface area contributed by atoms with Crippen LogP contribution in [0, 0.1) is 10.1 Å². The molecule has 1 heterocycles. The van der Waals surface area contributed by atoms with E-state index in [1.54, 1.807) is 36.4 Å². The number of carbonyl (C=O) groups is 1. The van der Waals surface area contributed by atoms with Gasteiger partial charge in [-0.3, -0.25) is 14.9 Å². The Labute approximate surface area is 170 Å². The minimum absolute atomic E-state index is 0.000736. The molecular weight excluding hydrogens is 392 g/mol. The van der Waals surface area contributed by atoms with Crippen LogP contribution in [0.1, 0.15) is 34.1 Å². The molecule has 0 radical (unpaired) electrons. The maximum Gasteiger partial charge on any atom is 0.280 e. The van der Waals surface area contributed by atoms with Gasteiger partial charge in [-0.05, 0) is 42.8 Å². The number of para-hydroxylation sites is 1. The lowest BCUT2D eigenvalue weighted by Crippen LogP contribution is -2.06. The van der Waals surface area contributed by atoms with E-state index in [0.717, 1.165) is 17.8 Å². The molecule has 8 nitrogen and oxygen atoms in total. The molecule has 4 N–H and O–H groups in total. The molecule has 0 spiro atoms. The van der Waals surface area contributed by atoms with Crippen molar-refractivity contribution in [1.82, 2.24) is 4.98 Å². The summed E-state index contributed by atoms with van der Waals surface area (Å²) in [5, 5.41) is 24.5. The van der Waals surface area contributed by atoms with Crippen LogP contribution >= 0.6 is 11.3 Å². The molecule has 2 aromatic carbocycles. The van der Waals surface area contributed by atoms with E-state index < -0.39 is 10.7 Å². The van der Waals surface area contributed by atoms with E-state index in [-0.39, 0.29) is 27.7 Å². The fourth-order valence-corrected chi connectivity index (χ4v) is 3.51. The van der Waals surface area contributed by atoms with Crippen molar-refractivity contribution in [3.63, 3.8) is 0 Å². The van der Waals surface area contributed by atoms with Crippen LogP contribution in [0.15, 0.2) is 54.6 Å². The van der Waals surface area contributed by atoms with Gasteiger partial charge in [-0.2, -0.15) is 0 Å². The largest absolute Gasteiger partial charge is 0.508 e. The summed E-state index contributed by atoms with van der Waals surface area (Å²) in [6, 6.07) is 12.7. The molecule has 0 bridgehead atoms. The number of hydrogen-bond donors (Lipinski definition) is 3. The third kappa shape index (κ3) is 4.41. The van der Waals surface area contributed by atoms with E-state index in [1.165, 1.54) is 18.2 Å². The zero-order valence-electron chi connectivity index (χ0n) is 15.5. The number of nitro benzene ring substituents is 1. The van der Waals surface area contributed by atoms with Crippen molar-refractivity contribution in [3.8, 4) is 0 Å². The van der Waals surface area contributed by atoms with Crippen LogP contribution in [0.5, 0.6) is 0 Å².